The average Bonchev–Trinajstić information content (AvgIpc) is 2.38. The second-order valence-corrected chi connectivity index (χ2v) is 4.27. The highest BCUT2D eigenvalue weighted by Crippen LogP contribution is 2.29. The Bertz CT molecular complexity index is 430. The van der Waals surface area contributed by atoms with Crippen molar-refractivity contribution in [2.24, 2.45) is 0 Å². The van der Waals surface area contributed by atoms with Crippen molar-refractivity contribution < 1.29 is 27.4 Å². The van der Waals surface area contributed by atoms with Gasteiger partial charge in [-0.2, -0.15) is 13.2 Å². The third-order valence-corrected chi connectivity index (χ3v) is 2.61. The minimum absolute atomic E-state index is 0.0163. The van der Waals surface area contributed by atoms with Crippen molar-refractivity contribution in [2.75, 3.05) is 26.9 Å². The van der Waals surface area contributed by atoms with Crippen LogP contribution >= 0.6 is 0 Å². The van der Waals surface area contributed by atoms with E-state index in [0.29, 0.717) is 18.8 Å². The summed E-state index contributed by atoms with van der Waals surface area (Å²) in [4.78, 5) is 11.6. The van der Waals surface area contributed by atoms with Gasteiger partial charge in [-0.3, -0.25) is 4.79 Å². The quantitative estimate of drug-likeness (QED) is 0.691. The highest BCUT2D eigenvalue weighted by atomic mass is 19.4. The third-order valence-electron chi connectivity index (χ3n) is 2.61. The molecule has 0 unspecified atom stereocenters. The van der Waals surface area contributed by atoms with E-state index >= 15 is 0 Å². The van der Waals surface area contributed by atoms with Crippen molar-refractivity contribution >= 4 is 5.78 Å². The van der Waals surface area contributed by atoms with Crippen LogP contribution < -0.4 is 0 Å². The first-order valence-corrected chi connectivity index (χ1v) is 6.18. The fourth-order valence-corrected chi connectivity index (χ4v) is 1.60. The van der Waals surface area contributed by atoms with Gasteiger partial charge in [-0.25, -0.2) is 0 Å². The number of rotatable bonds is 8. The van der Waals surface area contributed by atoms with Crippen molar-refractivity contribution in [1.29, 1.82) is 0 Å². The number of methoxy groups -OCH3 is 1. The number of hydrogen-bond donors (Lipinski definition) is 0. The zero-order valence-corrected chi connectivity index (χ0v) is 11.2. The fraction of sp³-hybridized carbons (Fsp3) is 0.500. The van der Waals surface area contributed by atoms with Gasteiger partial charge in [-0.05, 0) is 11.6 Å². The molecular formula is C14H17F3O3. The summed E-state index contributed by atoms with van der Waals surface area (Å²) < 4.78 is 47.4. The average molecular weight is 290 g/mol. The molecule has 1 aromatic carbocycles. The first kappa shape index (κ1) is 16.7. The van der Waals surface area contributed by atoms with E-state index < -0.39 is 11.7 Å². The van der Waals surface area contributed by atoms with Crippen LogP contribution in [0.25, 0.3) is 0 Å². The number of benzene rings is 1. The van der Waals surface area contributed by atoms with Gasteiger partial charge < -0.3 is 9.47 Å². The van der Waals surface area contributed by atoms with Crippen LogP contribution in [0.4, 0.5) is 13.2 Å². The van der Waals surface area contributed by atoms with E-state index in [1.807, 2.05) is 0 Å². The van der Waals surface area contributed by atoms with Gasteiger partial charge in [0.2, 0.25) is 0 Å². The van der Waals surface area contributed by atoms with E-state index in [0.717, 1.165) is 12.1 Å². The first-order valence-electron chi connectivity index (χ1n) is 6.18. The Morgan fingerprint density at radius 1 is 1.20 bits per heavy atom. The van der Waals surface area contributed by atoms with Gasteiger partial charge >= 0.3 is 6.18 Å². The van der Waals surface area contributed by atoms with Crippen molar-refractivity contribution in [3.8, 4) is 0 Å². The molecule has 0 aromatic heterocycles. The first-order chi connectivity index (χ1) is 9.43. The highest BCUT2D eigenvalue weighted by Gasteiger charge is 2.30. The largest absolute Gasteiger partial charge is 0.416 e. The molecule has 3 nitrogen and oxygen atoms in total. The number of halogens is 3. The normalized spacial score (nSPS) is 11.6. The molecule has 20 heavy (non-hydrogen) atoms. The number of carbonyl (C=O) groups excluding carboxylic acids is 1. The highest BCUT2D eigenvalue weighted by molar-refractivity contribution is 5.80. The molecule has 1 aromatic rings. The lowest BCUT2D eigenvalue weighted by Gasteiger charge is -2.08. The number of Topliss-reactive ketones (excluding diaryl/α,β-unsaturated/α-hetero) is 1. The summed E-state index contributed by atoms with van der Waals surface area (Å²) in [5.74, 6) is -0.151. The summed E-state index contributed by atoms with van der Waals surface area (Å²) in [7, 11) is 1.54. The van der Waals surface area contributed by atoms with Gasteiger partial charge in [0.25, 0.3) is 0 Å². The number of ketones is 1. The molecule has 0 radical (unpaired) electrons. The van der Waals surface area contributed by atoms with Gasteiger partial charge in [-0.15, -0.1) is 0 Å². The predicted octanol–water partition coefficient (Wildman–Crippen LogP) is 2.87. The summed E-state index contributed by atoms with van der Waals surface area (Å²) in [6.07, 6.45) is -4.22. The number of ether oxygens (including phenoxy) is 2. The van der Waals surface area contributed by atoms with Gasteiger partial charge in [0.1, 0.15) is 5.78 Å². The number of carbonyl (C=O) groups is 1. The maximum Gasteiger partial charge on any atom is 0.416 e. The van der Waals surface area contributed by atoms with E-state index in [9.17, 15) is 18.0 Å². The molecule has 0 heterocycles. The molecule has 1 rings (SSSR count). The summed E-state index contributed by atoms with van der Waals surface area (Å²) in [5.41, 5.74) is -0.374. The van der Waals surface area contributed by atoms with Crippen molar-refractivity contribution in [3.63, 3.8) is 0 Å². The van der Waals surface area contributed by atoms with Gasteiger partial charge in [0.05, 0.1) is 25.4 Å². The predicted molar refractivity (Wildman–Crippen MR) is 67.5 cm³/mol. The minimum atomic E-state index is -4.39. The van der Waals surface area contributed by atoms with Crippen LogP contribution in [-0.2, 0) is 26.9 Å². The van der Waals surface area contributed by atoms with E-state index in [-0.39, 0.29) is 25.2 Å². The van der Waals surface area contributed by atoms with E-state index in [4.69, 9.17) is 9.47 Å². The Balaban J connectivity index is 2.42. The Kier molecular flexibility index (Phi) is 6.67. The molecular weight excluding hydrogens is 273 g/mol. The molecule has 112 valence electrons. The zero-order valence-electron chi connectivity index (χ0n) is 11.2. The molecule has 6 heteroatoms. The van der Waals surface area contributed by atoms with E-state index in [1.165, 1.54) is 12.1 Å². The topological polar surface area (TPSA) is 35.5 Å². The molecule has 0 spiro atoms. The number of alkyl halides is 3. The van der Waals surface area contributed by atoms with Crippen LogP contribution in [0.3, 0.4) is 0 Å². The van der Waals surface area contributed by atoms with E-state index in [1.54, 1.807) is 7.11 Å². The second-order valence-electron chi connectivity index (χ2n) is 4.27. The Labute approximate surface area is 115 Å². The molecule has 0 aliphatic heterocycles. The molecule has 0 amide bonds. The summed E-state index contributed by atoms with van der Waals surface area (Å²) in [6, 6.07) is 4.81. The molecule has 0 saturated heterocycles. The van der Waals surface area contributed by atoms with Crippen molar-refractivity contribution in [2.45, 2.75) is 19.0 Å². The molecule has 0 N–H and O–H groups in total. The van der Waals surface area contributed by atoms with Crippen molar-refractivity contribution in [1.82, 2.24) is 0 Å². The van der Waals surface area contributed by atoms with Gasteiger partial charge in [-0.1, -0.05) is 18.2 Å². The lowest BCUT2D eigenvalue weighted by Crippen LogP contribution is -2.11. The maximum absolute atomic E-state index is 12.5. The lowest BCUT2D eigenvalue weighted by molar-refractivity contribution is -0.137. The standard InChI is InChI=1S/C14H17F3O3/c1-19-7-8-20-6-5-13(18)10-11-3-2-4-12(9-11)14(15,16)17/h2-4,9H,5-8,10H2,1H3. The SMILES string of the molecule is COCCOCCC(=O)Cc1cccc(C(F)(F)F)c1. The summed E-state index contributed by atoms with van der Waals surface area (Å²) in [5, 5.41) is 0. The molecule has 0 aliphatic rings. The van der Waals surface area contributed by atoms with Crippen LogP contribution in [0, 0.1) is 0 Å². The molecule has 0 fully saturated rings. The zero-order chi connectivity index (χ0) is 15.0. The van der Waals surface area contributed by atoms with Crippen LogP contribution in [0.1, 0.15) is 17.5 Å². The van der Waals surface area contributed by atoms with Crippen LogP contribution in [0.2, 0.25) is 0 Å². The second kappa shape index (κ2) is 8.01. The Morgan fingerprint density at radius 2 is 1.95 bits per heavy atom. The smallest absolute Gasteiger partial charge is 0.382 e. The molecule has 0 bridgehead atoms. The Hall–Kier alpha value is -1.40. The lowest BCUT2D eigenvalue weighted by atomic mass is 10.0. The van der Waals surface area contributed by atoms with Crippen LogP contribution in [0.15, 0.2) is 24.3 Å². The Morgan fingerprint density at radius 3 is 2.60 bits per heavy atom. The van der Waals surface area contributed by atoms with Crippen LogP contribution in [-0.4, -0.2) is 32.7 Å². The summed E-state index contributed by atoms with van der Waals surface area (Å²) in [6.45, 7) is 1.09. The molecule has 0 atom stereocenters. The van der Waals surface area contributed by atoms with Gasteiger partial charge in [0, 0.05) is 20.0 Å². The van der Waals surface area contributed by atoms with Crippen molar-refractivity contribution in [3.05, 3.63) is 35.4 Å². The van der Waals surface area contributed by atoms with Crippen LogP contribution in [0.5, 0.6) is 0 Å². The monoisotopic (exact) mass is 290 g/mol. The third kappa shape index (κ3) is 6.16. The van der Waals surface area contributed by atoms with E-state index in [2.05, 4.69) is 0 Å². The summed E-state index contributed by atoms with van der Waals surface area (Å²) >= 11 is 0. The van der Waals surface area contributed by atoms with Gasteiger partial charge in [0.15, 0.2) is 0 Å². The maximum atomic E-state index is 12.5. The number of hydrogen-bond acceptors (Lipinski definition) is 3. The molecule has 0 saturated carbocycles. The fourth-order valence-electron chi connectivity index (χ4n) is 1.60. The molecule has 0 aliphatic carbocycles. The minimum Gasteiger partial charge on any atom is -0.382 e.